The SMILES string of the molecule is CC1CC(COCc2ccccc2)(COCc2ccccc2)CC1N[C@@H](CO[Si](C)(C)C(C)(C)C)c1ccccc1. The fourth-order valence-electron chi connectivity index (χ4n) is 5.69. The summed E-state index contributed by atoms with van der Waals surface area (Å²) < 4.78 is 19.6. The molecule has 4 nitrogen and oxygen atoms in total. The lowest BCUT2D eigenvalue weighted by molar-refractivity contribution is -0.0322. The lowest BCUT2D eigenvalue weighted by Crippen LogP contribution is -2.44. The maximum absolute atomic E-state index is 6.76. The van der Waals surface area contributed by atoms with Crippen molar-refractivity contribution in [3.63, 3.8) is 0 Å². The third-order valence-corrected chi connectivity index (χ3v) is 13.7. The van der Waals surface area contributed by atoms with Gasteiger partial charge in [0.1, 0.15) is 0 Å². The van der Waals surface area contributed by atoms with Crippen molar-refractivity contribution in [2.24, 2.45) is 11.3 Å². The molecule has 1 aliphatic rings. The molecule has 3 aromatic carbocycles. The predicted molar refractivity (Wildman–Crippen MR) is 172 cm³/mol. The largest absolute Gasteiger partial charge is 0.415 e. The van der Waals surface area contributed by atoms with Crippen LogP contribution >= 0.6 is 0 Å². The van der Waals surface area contributed by atoms with Gasteiger partial charge < -0.3 is 19.2 Å². The van der Waals surface area contributed by atoms with Gasteiger partial charge in [-0.15, -0.1) is 0 Å². The van der Waals surface area contributed by atoms with Gasteiger partial charge in [0.25, 0.3) is 0 Å². The molecular weight excluding hydrogens is 522 g/mol. The Labute approximate surface area is 250 Å². The Bertz CT molecular complexity index is 1120. The highest BCUT2D eigenvalue weighted by atomic mass is 28.4. The highest BCUT2D eigenvalue weighted by Gasteiger charge is 2.45. The lowest BCUT2D eigenvalue weighted by atomic mass is 9.87. The van der Waals surface area contributed by atoms with E-state index in [4.69, 9.17) is 13.9 Å². The van der Waals surface area contributed by atoms with Crippen molar-refractivity contribution in [3.05, 3.63) is 108 Å². The van der Waals surface area contributed by atoms with Crippen molar-refractivity contribution in [3.8, 4) is 0 Å². The second-order valence-corrected chi connectivity index (χ2v) is 18.5. The van der Waals surface area contributed by atoms with E-state index in [0.29, 0.717) is 45.0 Å². The Kier molecular flexibility index (Phi) is 11.0. The standard InChI is InChI=1S/C36H51NO3Si/c1-29-22-36(27-38-24-30-16-10-7-11-17-30,28-39-25-31-18-12-8-13-19-31)23-33(29)37-34(32-20-14-9-15-21-32)26-40-41(5,6)35(2,3)4/h7-21,29,33-34,37H,22-28H2,1-6H3/t29?,33?,34-/m0/s1. The normalized spacial score (nSPS) is 19.8. The average molecular weight is 574 g/mol. The molecule has 1 aliphatic carbocycles. The molecule has 3 aromatic rings. The average Bonchev–Trinajstić information content (AvgIpc) is 3.26. The van der Waals surface area contributed by atoms with Gasteiger partial charge in [0.2, 0.25) is 0 Å². The summed E-state index contributed by atoms with van der Waals surface area (Å²) in [6.45, 7) is 17.3. The molecule has 222 valence electrons. The van der Waals surface area contributed by atoms with Crippen molar-refractivity contribution >= 4 is 8.32 Å². The number of hydrogen-bond donors (Lipinski definition) is 1. The molecular formula is C36H51NO3Si. The van der Waals surface area contributed by atoms with Gasteiger partial charge in [-0.2, -0.15) is 0 Å². The molecule has 0 amide bonds. The first kappa shape index (κ1) is 31.6. The first-order chi connectivity index (χ1) is 19.6. The van der Waals surface area contributed by atoms with E-state index < -0.39 is 8.32 Å². The van der Waals surface area contributed by atoms with E-state index in [9.17, 15) is 0 Å². The second-order valence-electron chi connectivity index (χ2n) is 13.7. The zero-order chi connectivity index (χ0) is 29.3. The summed E-state index contributed by atoms with van der Waals surface area (Å²) in [7, 11) is -1.88. The lowest BCUT2D eigenvalue weighted by Gasteiger charge is -2.38. The van der Waals surface area contributed by atoms with Gasteiger partial charge in [-0.3, -0.25) is 0 Å². The highest BCUT2D eigenvalue weighted by Crippen LogP contribution is 2.44. The number of rotatable bonds is 14. The van der Waals surface area contributed by atoms with Crippen molar-refractivity contribution in [1.82, 2.24) is 5.32 Å². The minimum Gasteiger partial charge on any atom is -0.415 e. The number of nitrogens with one attached hydrogen (secondary N) is 1. The summed E-state index contributed by atoms with van der Waals surface area (Å²) >= 11 is 0. The minimum atomic E-state index is -1.88. The Morgan fingerprint density at radius 1 is 0.780 bits per heavy atom. The minimum absolute atomic E-state index is 0.0395. The molecule has 1 N–H and O–H groups in total. The van der Waals surface area contributed by atoms with E-state index in [2.05, 4.69) is 137 Å². The first-order valence-electron chi connectivity index (χ1n) is 15.3. The van der Waals surface area contributed by atoms with Crippen LogP contribution in [0.2, 0.25) is 18.1 Å². The third-order valence-electron chi connectivity index (χ3n) is 9.17. The number of hydrogen-bond acceptors (Lipinski definition) is 4. The summed E-state index contributed by atoms with van der Waals surface area (Å²) in [4.78, 5) is 0. The highest BCUT2D eigenvalue weighted by molar-refractivity contribution is 6.74. The van der Waals surface area contributed by atoms with Gasteiger partial charge in [0.15, 0.2) is 8.32 Å². The van der Waals surface area contributed by atoms with E-state index in [1.807, 2.05) is 0 Å². The van der Waals surface area contributed by atoms with Gasteiger partial charge in [-0.25, -0.2) is 0 Å². The number of ether oxygens (including phenoxy) is 2. The maximum atomic E-state index is 6.76. The van der Waals surface area contributed by atoms with Gasteiger partial charge in [-0.05, 0) is 53.6 Å². The summed E-state index contributed by atoms with van der Waals surface area (Å²) in [6, 6.07) is 32.2. The van der Waals surface area contributed by atoms with Crippen molar-refractivity contribution in [2.75, 3.05) is 19.8 Å². The second kappa shape index (κ2) is 14.3. The van der Waals surface area contributed by atoms with Gasteiger partial charge in [0.05, 0.1) is 39.1 Å². The fourth-order valence-corrected chi connectivity index (χ4v) is 6.70. The van der Waals surface area contributed by atoms with E-state index in [0.717, 1.165) is 12.8 Å². The van der Waals surface area contributed by atoms with Crippen LogP contribution in [-0.4, -0.2) is 34.2 Å². The molecule has 0 heterocycles. The molecule has 4 rings (SSSR count). The zero-order valence-corrected chi connectivity index (χ0v) is 27.1. The van der Waals surface area contributed by atoms with Crippen molar-refractivity contribution < 1.29 is 13.9 Å². The molecule has 5 heteroatoms. The third kappa shape index (κ3) is 9.10. The van der Waals surface area contributed by atoms with Crippen LogP contribution in [0.15, 0.2) is 91.0 Å². The molecule has 0 bridgehead atoms. The Balaban J connectivity index is 1.47. The Hall–Kier alpha value is -2.28. The van der Waals surface area contributed by atoms with Crippen LogP contribution in [0.1, 0.15) is 63.3 Å². The maximum Gasteiger partial charge on any atom is 0.192 e. The molecule has 0 aliphatic heterocycles. The predicted octanol–water partition coefficient (Wildman–Crippen LogP) is 8.56. The van der Waals surface area contributed by atoms with Crippen LogP contribution in [0.25, 0.3) is 0 Å². The molecule has 0 aromatic heterocycles. The van der Waals surface area contributed by atoms with Crippen LogP contribution in [0.4, 0.5) is 0 Å². The Morgan fingerprint density at radius 3 is 1.76 bits per heavy atom. The topological polar surface area (TPSA) is 39.7 Å². The molecule has 3 atom stereocenters. The van der Waals surface area contributed by atoms with Crippen molar-refractivity contribution in [2.45, 2.75) is 84.0 Å². The summed E-state index contributed by atoms with van der Waals surface area (Å²) in [6.07, 6.45) is 2.08. The Morgan fingerprint density at radius 2 is 1.27 bits per heavy atom. The van der Waals surface area contributed by atoms with Crippen LogP contribution in [0, 0.1) is 11.3 Å². The van der Waals surface area contributed by atoms with Crippen LogP contribution < -0.4 is 5.32 Å². The van der Waals surface area contributed by atoms with E-state index >= 15 is 0 Å². The molecule has 41 heavy (non-hydrogen) atoms. The molecule has 1 fully saturated rings. The molecule has 2 unspecified atom stereocenters. The summed E-state index contributed by atoms with van der Waals surface area (Å²) in [5.74, 6) is 0.495. The zero-order valence-electron chi connectivity index (χ0n) is 26.1. The van der Waals surface area contributed by atoms with Gasteiger partial charge >= 0.3 is 0 Å². The molecule has 0 saturated heterocycles. The molecule has 1 saturated carbocycles. The van der Waals surface area contributed by atoms with Crippen LogP contribution in [0.3, 0.4) is 0 Å². The van der Waals surface area contributed by atoms with Gasteiger partial charge in [-0.1, -0.05) is 119 Å². The van der Waals surface area contributed by atoms with Crippen LogP contribution in [-0.2, 0) is 27.1 Å². The quantitative estimate of drug-likeness (QED) is 0.196. The smallest absolute Gasteiger partial charge is 0.192 e. The van der Waals surface area contributed by atoms with E-state index in [1.54, 1.807) is 0 Å². The van der Waals surface area contributed by atoms with E-state index in [1.165, 1.54) is 16.7 Å². The van der Waals surface area contributed by atoms with E-state index in [-0.39, 0.29) is 16.5 Å². The summed E-state index contributed by atoms with van der Waals surface area (Å²) in [5.41, 5.74) is 3.67. The fraction of sp³-hybridized carbons (Fsp3) is 0.500. The van der Waals surface area contributed by atoms with Crippen LogP contribution in [0.5, 0.6) is 0 Å². The number of benzene rings is 3. The molecule has 0 radical (unpaired) electrons. The van der Waals surface area contributed by atoms with Crippen molar-refractivity contribution in [1.29, 1.82) is 0 Å². The monoisotopic (exact) mass is 573 g/mol. The summed E-state index contributed by atoms with van der Waals surface area (Å²) in [5, 5.41) is 4.24. The van der Waals surface area contributed by atoms with Gasteiger partial charge in [0, 0.05) is 11.5 Å². The molecule has 0 spiro atoms. The first-order valence-corrected chi connectivity index (χ1v) is 18.2.